The first-order valence-electron chi connectivity index (χ1n) is 12.1. The predicted octanol–water partition coefficient (Wildman–Crippen LogP) is 3.70. The number of H-pyrrole nitrogens is 1. The molecule has 5 rings (SSSR count). The molecule has 1 saturated carbocycles. The molecule has 9 heteroatoms. The number of anilines is 1. The lowest BCUT2D eigenvalue weighted by Crippen LogP contribution is -2.46. The van der Waals surface area contributed by atoms with Crippen LogP contribution in [0.15, 0.2) is 30.3 Å². The maximum absolute atomic E-state index is 12.6. The van der Waals surface area contributed by atoms with Crippen molar-refractivity contribution in [1.29, 1.82) is 0 Å². The topological polar surface area (TPSA) is 115 Å². The van der Waals surface area contributed by atoms with Gasteiger partial charge in [0.1, 0.15) is 5.75 Å². The average Bonchev–Trinajstić information content (AvgIpc) is 3.60. The highest BCUT2D eigenvalue weighted by Gasteiger charge is 2.33. The molecule has 1 aromatic carbocycles. The number of rotatable bonds is 7. The fourth-order valence-corrected chi connectivity index (χ4v) is 5.18. The van der Waals surface area contributed by atoms with Crippen LogP contribution in [0.1, 0.15) is 62.1 Å². The number of nitrogens with one attached hydrogen (secondary N) is 3. The van der Waals surface area contributed by atoms with Gasteiger partial charge in [0.2, 0.25) is 5.91 Å². The zero-order valence-electron chi connectivity index (χ0n) is 19.5. The largest absolute Gasteiger partial charge is 0.493 e. The third-order valence-corrected chi connectivity index (χ3v) is 7.15. The van der Waals surface area contributed by atoms with Crippen molar-refractivity contribution in [3.05, 3.63) is 41.6 Å². The van der Waals surface area contributed by atoms with Crippen LogP contribution < -0.4 is 15.4 Å². The Morgan fingerprint density at radius 1 is 1.29 bits per heavy atom. The molecule has 3 aliphatic rings. The van der Waals surface area contributed by atoms with Crippen molar-refractivity contribution in [2.75, 3.05) is 31.7 Å². The first-order valence-corrected chi connectivity index (χ1v) is 12.1. The molecule has 9 nitrogen and oxygen atoms in total. The van der Waals surface area contributed by atoms with Crippen LogP contribution in [-0.4, -0.2) is 54.2 Å². The number of amides is 2. The summed E-state index contributed by atoms with van der Waals surface area (Å²) in [7, 11) is 0. The minimum absolute atomic E-state index is 0.0613. The monoisotopic (exact) mass is 468 g/mol. The lowest BCUT2D eigenvalue weighted by atomic mass is 9.97. The molecule has 2 aliphatic heterocycles. The summed E-state index contributed by atoms with van der Waals surface area (Å²) in [5.74, 6) is 2.01. The van der Waals surface area contributed by atoms with Gasteiger partial charge < -0.3 is 24.8 Å². The van der Waals surface area contributed by atoms with Crippen LogP contribution in [0.2, 0.25) is 0 Å². The van der Waals surface area contributed by atoms with Crippen molar-refractivity contribution in [3.8, 4) is 5.75 Å². The summed E-state index contributed by atoms with van der Waals surface area (Å²) in [5.41, 5.74) is 1.76. The minimum atomic E-state index is -0.377. The highest BCUT2D eigenvalue weighted by Crippen LogP contribution is 2.38. The molecular weight excluding hydrogens is 436 g/mol. The molecule has 182 valence electrons. The van der Waals surface area contributed by atoms with Gasteiger partial charge >= 0.3 is 6.09 Å². The molecule has 2 unspecified atom stereocenters. The van der Waals surface area contributed by atoms with E-state index in [1.807, 2.05) is 37.3 Å². The smallest absolute Gasteiger partial charge is 0.407 e. The zero-order valence-corrected chi connectivity index (χ0v) is 19.5. The van der Waals surface area contributed by atoms with Gasteiger partial charge in [-0.2, -0.15) is 5.10 Å². The van der Waals surface area contributed by atoms with E-state index in [0.29, 0.717) is 50.5 Å². The van der Waals surface area contributed by atoms with Gasteiger partial charge in [0.15, 0.2) is 5.82 Å². The Balaban J connectivity index is 1.07. The standard InChI is InChI=1S/C25H32N4O5/c1-25(8-9-32-15-25)27-24(31)34-13-16-6-7-17(10-16)20-12-22(29-28-20)26-23(30)11-18-14-33-21-5-3-2-4-19(18)21/h2-5,12,16-18H,6-11,13-15H2,1H3,(H,27,31)(H2,26,28,29,30)/t16-,17+,18?,25?/m1/s1. The van der Waals surface area contributed by atoms with Crippen molar-refractivity contribution < 1.29 is 23.8 Å². The van der Waals surface area contributed by atoms with E-state index in [2.05, 4.69) is 20.8 Å². The lowest BCUT2D eigenvalue weighted by Gasteiger charge is -2.23. The number of para-hydroxylation sites is 1. The summed E-state index contributed by atoms with van der Waals surface area (Å²) in [5, 5.41) is 13.2. The van der Waals surface area contributed by atoms with Gasteiger partial charge in [-0.15, -0.1) is 0 Å². The number of aromatic amines is 1. The Bertz CT molecular complexity index is 1030. The SMILES string of the molecule is CC1(NC(=O)OC[C@@H]2CC[C@H](c3cc(NC(=O)CC4COc5ccccc54)n[nH]3)C2)CCOC1. The van der Waals surface area contributed by atoms with Crippen molar-refractivity contribution in [2.24, 2.45) is 5.92 Å². The van der Waals surface area contributed by atoms with E-state index in [0.717, 1.165) is 42.7 Å². The number of nitrogens with zero attached hydrogens (tertiary/aromatic N) is 1. The van der Waals surface area contributed by atoms with Crippen LogP contribution >= 0.6 is 0 Å². The number of hydrogen-bond donors (Lipinski definition) is 3. The molecule has 1 saturated heterocycles. The van der Waals surface area contributed by atoms with Crippen LogP contribution in [0.25, 0.3) is 0 Å². The number of aromatic nitrogens is 2. The zero-order chi connectivity index (χ0) is 23.5. The van der Waals surface area contributed by atoms with Gasteiger partial charge in [0, 0.05) is 42.2 Å². The van der Waals surface area contributed by atoms with Crippen molar-refractivity contribution in [2.45, 2.75) is 56.4 Å². The van der Waals surface area contributed by atoms with Gasteiger partial charge in [-0.25, -0.2) is 4.79 Å². The van der Waals surface area contributed by atoms with Crippen LogP contribution in [-0.2, 0) is 14.3 Å². The third kappa shape index (κ3) is 5.19. The van der Waals surface area contributed by atoms with Gasteiger partial charge in [0.05, 0.1) is 25.4 Å². The molecule has 1 aliphatic carbocycles. The Hall–Kier alpha value is -3.07. The molecule has 0 spiro atoms. The lowest BCUT2D eigenvalue weighted by molar-refractivity contribution is -0.116. The molecule has 3 heterocycles. The van der Waals surface area contributed by atoms with E-state index < -0.39 is 0 Å². The van der Waals surface area contributed by atoms with Gasteiger partial charge in [-0.05, 0) is 44.6 Å². The van der Waals surface area contributed by atoms with Crippen LogP contribution in [0, 0.1) is 5.92 Å². The van der Waals surface area contributed by atoms with Crippen molar-refractivity contribution in [1.82, 2.24) is 15.5 Å². The molecule has 1 aromatic heterocycles. The number of fused-ring (bicyclic) bond motifs is 1. The third-order valence-electron chi connectivity index (χ3n) is 7.15. The summed E-state index contributed by atoms with van der Waals surface area (Å²) < 4.78 is 16.5. The number of carbonyl (C=O) groups is 2. The van der Waals surface area contributed by atoms with E-state index in [-0.39, 0.29) is 23.5 Å². The maximum Gasteiger partial charge on any atom is 0.407 e. The quantitative estimate of drug-likeness (QED) is 0.571. The second-order valence-electron chi connectivity index (χ2n) is 9.97. The molecule has 2 aromatic rings. The molecule has 0 bridgehead atoms. The van der Waals surface area contributed by atoms with Crippen LogP contribution in [0.5, 0.6) is 5.75 Å². The Kier molecular flexibility index (Phi) is 6.45. The van der Waals surface area contributed by atoms with E-state index >= 15 is 0 Å². The molecule has 0 radical (unpaired) electrons. The fraction of sp³-hybridized carbons (Fsp3) is 0.560. The molecule has 3 N–H and O–H groups in total. The molecule has 4 atom stereocenters. The summed E-state index contributed by atoms with van der Waals surface area (Å²) in [6.07, 6.45) is 3.67. The molecular formula is C25H32N4O5. The Labute approximate surface area is 198 Å². The number of alkyl carbamates (subject to hydrolysis) is 1. The van der Waals surface area contributed by atoms with E-state index in [1.54, 1.807) is 0 Å². The fourth-order valence-electron chi connectivity index (χ4n) is 5.18. The second-order valence-corrected chi connectivity index (χ2v) is 9.97. The van der Waals surface area contributed by atoms with Gasteiger partial charge in [-0.3, -0.25) is 9.89 Å². The molecule has 2 amide bonds. The predicted molar refractivity (Wildman–Crippen MR) is 125 cm³/mol. The number of hydrogen-bond acceptors (Lipinski definition) is 6. The van der Waals surface area contributed by atoms with E-state index in [4.69, 9.17) is 14.2 Å². The molecule has 34 heavy (non-hydrogen) atoms. The molecule has 2 fully saturated rings. The second kappa shape index (κ2) is 9.66. The Morgan fingerprint density at radius 3 is 3.03 bits per heavy atom. The van der Waals surface area contributed by atoms with Crippen molar-refractivity contribution >= 4 is 17.8 Å². The first-order chi connectivity index (χ1) is 16.5. The number of ether oxygens (including phenoxy) is 3. The minimum Gasteiger partial charge on any atom is -0.493 e. The van der Waals surface area contributed by atoms with Crippen LogP contribution in [0.3, 0.4) is 0 Å². The van der Waals surface area contributed by atoms with Crippen molar-refractivity contribution in [3.63, 3.8) is 0 Å². The normalized spacial score (nSPS) is 27.7. The first kappa shape index (κ1) is 22.7. The Morgan fingerprint density at radius 2 is 2.18 bits per heavy atom. The highest BCUT2D eigenvalue weighted by atomic mass is 16.5. The number of carbonyl (C=O) groups excluding carboxylic acids is 2. The summed E-state index contributed by atoms with van der Waals surface area (Å²) >= 11 is 0. The summed E-state index contributed by atoms with van der Waals surface area (Å²) in [6, 6.07) is 9.77. The van der Waals surface area contributed by atoms with Crippen LogP contribution in [0.4, 0.5) is 10.6 Å². The summed E-state index contributed by atoms with van der Waals surface area (Å²) in [6.45, 7) is 4.09. The van der Waals surface area contributed by atoms with Gasteiger partial charge in [-0.1, -0.05) is 18.2 Å². The highest BCUT2D eigenvalue weighted by molar-refractivity contribution is 5.90. The van der Waals surface area contributed by atoms with E-state index in [1.165, 1.54) is 0 Å². The maximum atomic E-state index is 12.6. The van der Waals surface area contributed by atoms with Gasteiger partial charge in [0.25, 0.3) is 0 Å². The summed E-state index contributed by atoms with van der Waals surface area (Å²) in [4.78, 5) is 24.7. The number of benzene rings is 1. The average molecular weight is 469 g/mol. The van der Waals surface area contributed by atoms with E-state index in [9.17, 15) is 9.59 Å².